The Bertz CT molecular complexity index is 676. The molecule has 2 aromatic rings. The highest BCUT2D eigenvalue weighted by atomic mass is 35.5. The van der Waals surface area contributed by atoms with Crippen molar-refractivity contribution in [2.45, 2.75) is 6.61 Å². The normalized spacial score (nSPS) is 10.2. The molecule has 0 fully saturated rings. The molecule has 23 heavy (non-hydrogen) atoms. The second-order valence-electron chi connectivity index (χ2n) is 4.64. The first-order valence-electron chi connectivity index (χ1n) is 6.95. The summed E-state index contributed by atoms with van der Waals surface area (Å²) in [5.41, 5.74) is 1.59. The molecule has 0 aliphatic carbocycles. The van der Waals surface area contributed by atoms with Gasteiger partial charge >= 0.3 is 0 Å². The van der Waals surface area contributed by atoms with E-state index in [1.165, 1.54) is 23.5 Å². The average Bonchev–Trinajstić information content (AvgIpc) is 2.60. The number of ether oxygens (including phenoxy) is 1. The summed E-state index contributed by atoms with van der Waals surface area (Å²) in [5, 5.41) is 0.679. The van der Waals surface area contributed by atoms with Gasteiger partial charge in [-0.1, -0.05) is 54.1 Å². The highest BCUT2D eigenvalue weighted by molar-refractivity contribution is 8.21. The van der Waals surface area contributed by atoms with Crippen LogP contribution in [0, 0.1) is 0 Å². The minimum atomic E-state index is -0.0988. The van der Waals surface area contributed by atoms with Crippen molar-refractivity contribution in [1.29, 1.82) is 0 Å². The van der Waals surface area contributed by atoms with Crippen molar-refractivity contribution < 1.29 is 9.53 Å². The number of ketones is 1. The molecule has 0 N–H and O–H groups in total. The van der Waals surface area contributed by atoms with Crippen LogP contribution >= 0.6 is 35.1 Å². The van der Waals surface area contributed by atoms with Crippen molar-refractivity contribution in [3.05, 3.63) is 80.7 Å². The largest absolute Gasteiger partial charge is 0.483 e. The maximum atomic E-state index is 12.7. The molecule has 5 heteroatoms. The molecule has 2 rings (SSSR count). The van der Waals surface area contributed by atoms with Crippen LogP contribution in [0.25, 0.3) is 0 Å². The topological polar surface area (TPSA) is 26.3 Å². The SMILES string of the molecule is CSC(SC)=C(OCc1ccc(Cl)cc1)C(=O)c1ccccc1. The smallest absolute Gasteiger partial charge is 0.229 e. The minimum absolute atomic E-state index is 0.0988. The lowest BCUT2D eigenvalue weighted by molar-refractivity contribution is 0.0904. The third-order valence-corrected chi connectivity index (χ3v) is 5.46. The summed E-state index contributed by atoms with van der Waals surface area (Å²) in [4.78, 5) is 12.7. The van der Waals surface area contributed by atoms with E-state index in [1.807, 2.05) is 55.0 Å². The molecule has 0 saturated carbocycles. The van der Waals surface area contributed by atoms with Crippen LogP contribution in [0.2, 0.25) is 5.02 Å². The van der Waals surface area contributed by atoms with Gasteiger partial charge < -0.3 is 4.74 Å². The number of halogens is 1. The average molecular weight is 365 g/mol. The molecular weight excluding hydrogens is 348 g/mol. The predicted octanol–water partition coefficient (Wildman–Crippen LogP) is 5.63. The van der Waals surface area contributed by atoms with E-state index in [4.69, 9.17) is 16.3 Å². The maximum absolute atomic E-state index is 12.7. The summed E-state index contributed by atoms with van der Waals surface area (Å²) in [6, 6.07) is 16.6. The fourth-order valence-electron chi connectivity index (χ4n) is 1.94. The van der Waals surface area contributed by atoms with E-state index in [0.29, 0.717) is 23.0 Å². The lowest BCUT2D eigenvalue weighted by Gasteiger charge is -2.13. The Kier molecular flexibility index (Phi) is 7.09. The first kappa shape index (κ1) is 18.0. The summed E-state index contributed by atoms with van der Waals surface area (Å²) in [7, 11) is 0. The van der Waals surface area contributed by atoms with Crippen LogP contribution in [0.4, 0.5) is 0 Å². The second-order valence-corrected chi connectivity index (χ2v) is 6.96. The molecule has 0 bridgehead atoms. The molecule has 0 spiro atoms. The molecular formula is C18H17ClO2S2. The summed E-state index contributed by atoms with van der Waals surface area (Å²) < 4.78 is 6.74. The number of rotatable bonds is 7. The maximum Gasteiger partial charge on any atom is 0.229 e. The van der Waals surface area contributed by atoms with Crippen LogP contribution < -0.4 is 0 Å². The minimum Gasteiger partial charge on any atom is -0.483 e. The lowest BCUT2D eigenvalue weighted by Crippen LogP contribution is -2.09. The van der Waals surface area contributed by atoms with Gasteiger partial charge in [0.15, 0.2) is 5.76 Å². The van der Waals surface area contributed by atoms with E-state index in [0.717, 1.165) is 9.80 Å². The molecule has 2 aromatic carbocycles. The number of benzene rings is 2. The van der Waals surface area contributed by atoms with Gasteiger partial charge in [0.2, 0.25) is 5.78 Å². The molecule has 0 heterocycles. The molecule has 2 nitrogen and oxygen atoms in total. The number of carbonyl (C=O) groups is 1. The van der Waals surface area contributed by atoms with E-state index >= 15 is 0 Å². The number of thioether (sulfide) groups is 2. The summed E-state index contributed by atoms with van der Waals surface area (Å²) >= 11 is 8.92. The van der Waals surface area contributed by atoms with Crippen LogP contribution in [0.15, 0.2) is 64.6 Å². The summed E-state index contributed by atoms with van der Waals surface area (Å²) in [5.74, 6) is 0.296. The number of Topliss-reactive ketones (excluding diaryl/α,β-unsaturated/α-hetero) is 1. The number of allylic oxidation sites excluding steroid dienone is 1. The summed E-state index contributed by atoms with van der Waals surface area (Å²) in [6.07, 6.45) is 3.88. The van der Waals surface area contributed by atoms with Gasteiger partial charge in [-0.2, -0.15) is 0 Å². The molecule has 0 saturated heterocycles. The van der Waals surface area contributed by atoms with E-state index < -0.39 is 0 Å². The Morgan fingerprint density at radius 2 is 1.61 bits per heavy atom. The zero-order valence-electron chi connectivity index (χ0n) is 12.9. The van der Waals surface area contributed by atoms with Gasteiger partial charge in [0.25, 0.3) is 0 Å². The van der Waals surface area contributed by atoms with Crippen LogP contribution in [0.5, 0.6) is 0 Å². The van der Waals surface area contributed by atoms with Crippen LogP contribution in [0.1, 0.15) is 15.9 Å². The molecule has 0 aromatic heterocycles. The highest BCUT2D eigenvalue weighted by Gasteiger charge is 2.18. The van der Waals surface area contributed by atoms with Crippen molar-refractivity contribution in [2.75, 3.05) is 12.5 Å². The van der Waals surface area contributed by atoms with Crippen molar-refractivity contribution in [3.8, 4) is 0 Å². The van der Waals surface area contributed by atoms with Gasteiger partial charge in [-0.05, 0) is 30.2 Å². The first-order valence-corrected chi connectivity index (χ1v) is 9.77. The van der Waals surface area contributed by atoms with Crippen molar-refractivity contribution >= 4 is 40.9 Å². The molecule has 0 aliphatic rings. The number of carbonyl (C=O) groups excluding carboxylic acids is 1. The Morgan fingerprint density at radius 3 is 2.17 bits per heavy atom. The molecule has 0 aliphatic heterocycles. The van der Waals surface area contributed by atoms with E-state index in [-0.39, 0.29) is 5.78 Å². The van der Waals surface area contributed by atoms with Crippen molar-refractivity contribution in [1.82, 2.24) is 0 Å². The molecule has 0 radical (unpaired) electrons. The molecule has 0 unspecified atom stereocenters. The monoisotopic (exact) mass is 364 g/mol. The fourth-order valence-corrected chi connectivity index (χ4v) is 3.41. The number of hydrogen-bond acceptors (Lipinski definition) is 4. The van der Waals surface area contributed by atoms with Gasteiger partial charge in [-0.3, -0.25) is 4.79 Å². The van der Waals surface area contributed by atoms with Gasteiger partial charge in [0, 0.05) is 10.6 Å². The van der Waals surface area contributed by atoms with Gasteiger partial charge in [-0.15, -0.1) is 23.5 Å². The fraction of sp³-hybridized carbons (Fsp3) is 0.167. The Balaban J connectivity index is 2.23. The summed E-state index contributed by atoms with van der Waals surface area (Å²) in [6.45, 7) is 0.329. The standard InChI is InChI=1S/C18H17ClO2S2/c1-22-18(23-2)17(16(20)14-6-4-3-5-7-14)21-12-13-8-10-15(19)11-9-13/h3-11H,12H2,1-2H3. The Hall–Kier alpha value is -1.36. The number of hydrogen-bond donors (Lipinski definition) is 0. The van der Waals surface area contributed by atoms with E-state index in [9.17, 15) is 4.79 Å². The van der Waals surface area contributed by atoms with Gasteiger partial charge in [0.05, 0.1) is 4.24 Å². The van der Waals surface area contributed by atoms with Gasteiger partial charge in [0.1, 0.15) is 6.61 Å². The quantitative estimate of drug-likeness (QED) is 0.361. The third-order valence-electron chi connectivity index (χ3n) is 3.09. The van der Waals surface area contributed by atoms with E-state index in [1.54, 1.807) is 12.1 Å². The first-order chi connectivity index (χ1) is 11.2. The Morgan fingerprint density at radius 1 is 1.00 bits per heavy atom. The zero-order valence-corrected chi connectivity index (χ0v) is 15.3. The third kappa shape index (κ3) is 5.06. The molecule has 0 amide bonds. The Labute approximate surface area is 150 Å². The zero-order chi connectivity index (χ0) is 16.7. The van der Waals surface area contributed by atoms with Crippen LogP contribution in [0.3, 0.4) is 0 Å². The highest BCUT2D eigenvalue weighted by Crippen LogP contribution is 2.30. The lowest BCUT2D eigenvalue weighted by atomic mass is 10.1. The van der Waals surface area contributed by atoms with E-state index in [2.05, 4.69) is 0 Å². The van der Waals surface area contributed by atoms with Crippen molar-refractivity contribution in [3.63, 3.8) is 0 Å². The van der Waals surface area contributed by atoms with Crippen LogP contribution in [-0.2, 0) is 11.3 Å². The van der Waals surface area contributed by atoms with Crippen molar-refractivity contribution in [2.24, 2.45) is 0 Å². The molecule has 120 valence electrons. The van der Waals surface area contributed by atoms with Crippen LogP contribution in [-0.4, -0.2) is 18.3 Å². The van der Waals surface area contributed by atoms with Gasteiger partial charge in [-0.25, -0.2) is 0 Å². The molecule has 0 atom stereocenters. The second kappa shape index (κ2) is 9.06. The predicted molar refractivity (Wildman–Crippen MR) is 101 cm³/mol.